The van der Waals surface area contributed by atoms with E-state index < -0.39 is 54.1 Å². The fourth-order valence-corrected chi connectivity index (χ4v) is 5.93. The third kappa shape index (κ3) is 7.20. The molecule has 0 saturated carbocycles. The van der Waals surface area contributed by atoms with Gasteiger partial charge in [-0.05, 0) is 80.3 Å². The van der Waals surface area contributed by atoms with Crippen LogP contribution in [0.25, 0.3) is 0 Å². The molecule has 52 heavy (non-hydrogen) atoms. The highest BCUT2D eigenvalue weighted by atomic mass is 16.6. The summed E-state index contributed by atoms with van der Waals surface area (Å²) in [6.07, 6.45) is -2.60. The van der Waals surface area contributed by atoms with Crippen molar-refractivity contribution in [1.29, 1.82) is 0 Å². The summed E-state index contributed by atoms with van der Waals surface area (Å²) in [6, 6.07) is 31.3. The number of benzene rings is 5. The van der Waals surface area contributed by atoms with Crippen LogP contribution in [-0.2, 0) is 14.3 Å². The number of rotatable bonds is 11. The summed E-state index contributed by atoms with van der Waals surface area (Å²) in [6.45, 7) is 6.83. The number of Topliss-reactive ketones (excluding diaryl/α,β-unsaturated/α-hetero) is 2. The van der Waals surface area contributed by atoms with E-state index in [-0.39, 0.29) is 16.7 Å². The van der Waals surface area contributed by atoms with E-state index in [0.717, 1.165) is 22.3 Å². The number of carbonyl (C=O) groups excluding carboxylic acids is 6. The minimum atomic E-state index is -1.32. The highest BCUT2D eigenvalue weighted by Crippen LogP contribution is 2.29. The van der Waals surface area contributed by atoms with Crippen LogP contribution in [0.4, 0.5) is 0 Å². The first-order valence-electron chi connectivity index (χ1n) is 16.7. The van der Waals surface area contributed by atoms with E-state index in [2.05, 4.69) is 0 Å². The van der Waals surface area contributed by atoms with E-state index in [1.54, 1.807) is 91.0 Å². The van der Waals surface area contributed by atoms with Crippen LogP contribution >= 0.6 is 0 Å². The zero-order valence-electron chi connectivity index (χ0n) is 29.0. The van der Waals surface area contributed by atoms with Crippen molar-refractivity contribution in [3.05, 3.63) is 176 Å². The van der Waals surface area contributed by atoms with Crippen LogP contribution in [0.1, 0.15) is 97.4 Å². The Hall–Kier alpha value is -6.48. The summed E-state index contributed by atoms with van der Waals surface area (Å²) in [5.41, 5.74) is 5.18. The Bertz CT molecular complexity index is 2240. The highest BCUT2D eigenvalue weighted by Gasteiger charge is 2.39. The van der Waals surface area contributed by atoms with Crippen LogP contribution in [0.15, 0.2) is 115 Å². The Kier molecular flexibility index (Phi) is 10.1. The summed E-state index contributed by atoms with van der Waals surface area (Å²) in [7, 11) is 0. The second-order valence-corrected chi connectivity index (χ2v) is 12.8. The number of amides is 2. The largest absolute Gasteiger partial charge is 0.448 e. The monoisotopic (exact) mass is 693 g/mol. The SMILES string of the molecule is Cc1ccc(C(=O)[C@@H](OC(=O)CN2C(=O)c3ccc(C(=O)O[C@@H](C(=O)c4ccc(C)c(C)c4)c4ccccc4)cc3C2=O)c2ccccc2)cc1C. The highest BCUT2D eigenvalue weighted by molar-refractivity contribution is 6.23. The van der Waals surface area contributed by atoms with Gasteiger partial charge in [-0.15, -0.1) is 0 Å². The molecule has 0 bridgehead atoms. The van der Waals surface area contributed by atoms with E-state index in [1.165, 1.54) is 18.2 Å². The molecule has 0 N–H and O–H groups in total. The molecule has 0 aliphatic carbocycles. The van der Waals surface area contributed by atoms with Crippen LogP contribution in [0.3, 0.4) is 0 Å². The van der Waals surface area contributed by atoms with Crippen LogP contribution in [0, 0.1) is 27.7 Å². The first-order chi connectivity index (χ1) is 24.9. The van der Waals surface area contributed by atoms with Gasteiger partial charge in [0.15, 0.2) is 12.2 Å². The zero-order chi connectivity index (χ0) is 37.1. The summed E-state index contributed by atoms with van der Waals surface area (Å²) < 4.78 is 11.4. The third-order valence-corrected chi connectivity index (χ3v) is 9.23. The molecule has 0 unspecified atom stereocenters. The molecule has 1 heterocycles. The fraction of sp³-hybridized carbons (Fsp3) is 0.163. The Morgan fingerprint density at radius 3 is 1.48 bits per heavy atom. The summed E-state index contributed by atoms with van der Waals surface area (Å²) in [5, 5.41) is 0. The first-order valence-corrected chi connectivity index (χ1v) is 16.7. The predicted molar refractivity (Wildman–Crippen MR) is 192 cm³/mol. The van der Waals surface area contributed by atoms with Crippen molar-refractivity contribution in [3.8, 4) is 0 Å². The van der Waals surface area contributed by atoms with E-state index in [9.17, 15) is 28.8 Å². The van der Waals surface area contributed by atoms with Gasteiger partial charge in [0.1, 0.15) is 6.54 Å². The maximum absolute atomic E-state index is 13.7. The fourth-order valence-electron chi connectivity index (χ4n) is 5.93. The molecule has 0 spiro atoms. The molecule has 2 atom stereocenters. The molecule has 6 rings (SSSR count). The van der Waals surface area contributed by atoms with Crippen molar-refractivity contribution < 1.29 is 38.2 Å². The van der Waals surface area contributed by atoms with Gasteiger partial charge in [0, 0.05) is 22.3 Å². The normalized spacial score (nSPS) is 13.3. The van der Waals surface area contributed by atoms with Crippen molar-refractivity contribution in [2.24, 2.45) is 0 Å². The number of esters is 2. The topological polar surface area (TPSA) is 124 Å². The maximum Gasteiger partial charge on any atom is 0.339 e. The third-order valence-electron chi connectivity index (χ3n) is 9.23. The predicted octanol–water partition coefficient (Wildman–Crippen LogP) is 7.46. The standard InChI is InChI=1S/C43H35NO8/c1-25-15-17-31(21-27(25)3)37(46)39(29-11-7-5-8-12-29)51-36(45)24-44-41(48)34-20-19-33(23-35(34)42(44)49)43(50)52-40(30-13-9-6-10-14-30)38(47)32-18-16-26(2)28(4)22-32/h5-23,39-40H,24H2,1-4H3/t39-,40+/m0/s1. The lowest BCUT2D eigenvalue weighted by atomic mass is 9.97. The lowest BCUT2D eigenvalue weighted by molar-refractivity contribution is -0.147. The lowest BCUT2D eigenvalue weighted by Gasteiger charge is -2.20. The van der Waals surface area contributed by atoms with Crippen molar-refractivity contribution in [2.75, 3.05) is 6.54 Å². The Labute approximate surface area is 300 Å². The summed E-state index contributed by atoms with van der Waals surface area (Å²) >= 11 is 0. The molecule has 9 heteroatoms. The molecular weight excluding hydrogens is 658 g/mol. The molecule has 9 nitrogen and oxygen atoms in total. The van der Waals surface area contributed by atoms with E-state index >= 15 is 0 Å². The molecular formula is C43H35NO8. The number of ketones is 2. The minimum Gasteiger partial charge on any atom is -0.448 e. The molecule has 0 radical (unpaired) electrons. The number of nitrogens with zero attached hydrogens (tertiary/aromatic N) is 1. The summed E-state index contributed by atoms with van der Waals surface area (Å²) in [4.78, 5) is 81.7. The number of carbonyl (C=O) groups is 6. The van der Waals surface area contributed by atoms with Gasteiger partial charge in [-0.25, -0.2) is 4.79 Å². The van der Waals surface area contributed by atoms with Crippen molar-refractivity contribution >= 4 is 35.3 Å². The second kappa shape index (κ2) is 14.8. The molecule has 5 aromatic rings. The van der Waals surface area contributed by atoms with Crippen molar-refractivity contribution in [2.45, 2.75) is 39.9 Å². The van der Waals surface area contributed by atoms with Gasteiger partial charge in [-0.2, -0.15) is 0 Å². The molecule has 2 amide bonds. The Morgan fingerprint density at radius 1 is 0.519 bits per heavy atom. The van der Waals surface area contributed by atoms with Gasteiger partial charge in [0.25, 0.3) is 11.8 Å². The first kappa shape index (κ1) is 35.3. The van der Waals surface area contributed by atoms with E-state index in [0.29, 0.717) is 27.2 Å². The quantitative estimate of drug-likeness (QED) is 0.0793. The van der Waals surface area contributed by atoms with Gasteiger partial charge in [-0.1, -0.05) is 84.9 Å². The van der Waals surface area contributed by atoms with Crippen molar-refractivity contribution in [1.82, 2.24) is 4.90 Å². The van der Waals surface area contributed by atoms with Gasteiger partial charge < -0.3 is 9.47 Å². The zero-order valence-corrected chi connectivity index (χ0v) is 29.0. The molecule has 0 fully saturated rings. The second-order valence-electron chi connectivity index (χ2n) is 12.8. The molecule has 0 aromatic heterocycles. The van der Waals surface area contributed by atoms with Gasteiger partial charge in [0.05, 0.1) is 16.7 Å². The number of ether oxygens (including phenoxy) is 2. The summed E-state index contributed by atoms with van der Waals surface area (Å²) in [5.74, 6) is -4.34. The maximum atomic E-state index is 13.7. The average Bonchev–Trinajstić information content (AvgIpc) is 3.39. The number of aryl methyl sites for hydroxylation is 4. The van der Waals surface area contributed by atoms with Gasteiger partial charge >= 0.3 is 11.9 Å². The molecule has 1 aliphatic heterocycles. The molecule has 0 saturated heterocycles. The lowest BCUT2D eigenvalue weighted by Crippen LogP contribution is -2.36. The van der Waals surface area contributed by atoms with Gasteiger partial charge in [-0.3, -0.25) is 28.9 Å². The average molecular weight is 694 g/mol. The van der Waals surface area contributed by atoms with Crippen LogP contribution in [0.2, 0.25) is 0 Å². The van der Waals surface area contributed by atoms with E-state index in [4.69, 9.17) is 9.47 Å². The molecule has 260 valence electrons. The van der Waals surface area contributed by atoms with Gasteiger partial charge in [0.2, 0.25) is 11.6 Å². The Morgan fingerprint density at radius 2 is 0.981 bits per heavy atom. The smallest absolute Gasteiger partial charge is 0.339 e. The van der Waals surface area contributed by atoms with Crippen LogP contribution in [-0.4, -0.2) is 46.8 Å². The molecule has 1 aliphatic rings. The molecule has 5 aromatic carbocycles. The van der Waals surface area contributed by atoms with Crippen LogP contribution < -0.4 is 0 Å². The van der Waals surface area contributed by atoms with Crippen molar-refractivity contribution in [3.63, 3.8) is 0 Å². The number of hydrogen-bond donors (Lipinski definition) is 0. The number of fused-ring (bicyclic) bond motifs is 1. The Balaban J connectivity index is 1.20. The minimum absolute atomic E-state index is 0.0222. The van der Waals surface area contributed by atoms with E-state index in [1.807, 2.05) is 33.8 Å². The van der Waals surface area contributed by atoms with Crippen LogP contribution in [0.5, 0.6) is 0 Å². The number of imide groups is 1. The number of hydrogen-bond acceptors (Lipinski definition) is 8.